The summed E-state index contributed by atoms with van der Waals surface area (Å²) in [5, 5.41) is 13.6. The Bertz CT molecular complexity index is 824. The molecule has 0 aliphatic rings. The van der Waals surface area contributed by atoms with Crippen molar-refractivity contribution in [1.29, 1.82) is 0 Å². The average Bonchev–Trinajstić information content (AvgIpc) is 2.98. The second-order valence-electron chi connectivity index (χ2n) is 4.99. The monoisotopic (exact) mass is 299 g/mol. The molecule has 0 radical (unpaired) electrons. The van der Waals surface area contributed by atoms with Crippen molar-refractivity contribution in [2.75, 3.05) is 6.61 Å². The molecule has 0 spiro atoms. The van der Waals surface area contributed by atoms with Gasteiger partial charge in [0.15, 0.2) is 0 Å². The molecular weight excluding hydrogens is 282 g/mol. The number of benzene rings is 1. The number of para-hydroxylation sites is 1. The zero-order valence-electron chi connectivity index (χ0n) is 12.1. The van der Waals surface area contributed by atoms with Crippen LogP contribution in [0.25, 0.3) is 10.9 Å². The normalized spacial score (nSPS) is 11.1. The van der Waals surface area contributed by atoms with E-state index >= 15 is 0 Å². The lowest BCUT2D eigenvalue weighted by molar-refractivity contribution is 0.266. The summed E-state index contributed by atoms with van der Waals surface area (Å²) in [5.41, 5.74) is 0.689. The molecule has 0 aliphatic heterocycles. The highest BCUT2D eigenvalue weighted by atomic mass is 16.3. The van der Waals surface area contributed by atoms with E-state index < -0.39 is 0 Å². The molecule has 22 heavy (non-hydrogen) atoms. The minimum absolute atomic E-state index is 0.0255. The van der Waals surface area contributed by atoms with Crippen LogP contribution in [0.4, 0.5) is 0 Å². The third-order valence-electron chi connectivity index (χ3n) is 3.54. The third kappa shape index (κ3) is 2.89. The van der Waals surface area contributed by atoms with E-state index in [9.17, 15) is 4.79 Å². The van der Waals surface area contributed by atoms with E-state index in [0.29, 0.717) is 30.4 Å². The van der Waals surface area contributed by atoms with E-state index in [1.54, 1.807) is 21.6 Å². The SMILES string of the molecule is O=c1c2ccccc2ncn1CCCc1ncnn1CCO. The fourth-order valence-electron chi connectivity index (χ4n) is 2.44. The molecule has 0 fully saturated rings. The number of hydrogen-bond acceptors (Lipinski definition) is 5. The van der Waals surface area contributed by atoms with Gasteiger partial charge in [-0.2, -0.15) is 5.10 Å². The highest BCUT2D eigenvalue weighted by Crippen LogP contribution is 2.05. The largest absolute Gasteiger partial charge is 0.394 e. The van der Waals surface area contributed by atoms with Crippen LogP contribution in [0.15, 0.2) is 41.7 Å². The maximum Gasteiger partial charge on any atom is 0.261 e. The molecule has 3 rings (SSSR count). The van der Waals surface area contributed by atoms with Gasteiger partial charge in [0.2, 0.25) is 0 Å². The summed E-state index contributed by atoms with van der Waals surface area (Å²) in [4.78, 5) is 20.8. The van der Waals surface area contributed by atoms with Crippen LogP contribution in [0.3, 0.4) is 0 Å². The third-order valence-corrected chi connectivity index (χ3v) is 3.54. The zero-order valence-corrected chi connectivity index (χ0v) is 12.1. The Kier molecular flexibility index (Phi) is 4.24. The second kappa shape index (κ2) is 6.48. The quantitative estimate of drug-likeness (QED) is 0.721. The van der Waals surface area contributed by atoms with Crippen molar-refractivity contribution >= 4 is 10.9 Å². The molecule has 114 valence electrons. The van der Waals surface area contributed by atoms with Crippen LogP contribution in [-0.2, 0) is 19.5 Å². The second-order valence-corrected chi connectivity index (χ2v) is 4.99. The highest BCUT2D eigenvalue weighted by Gasteiger charge is 2.06. The van der Waals surface area contributed by atoms with E-state index in [0.717, 1.165) is 12.2 Å². The molecule has 2 aromatic heterocycles. The van der Waals surface area contributed by atoms with E-state index in [-0.39, 0.29) is 12.2 Å². The molecule has 0 aliphatic carbocycles. The molecular formula is C15H17N5O2. The first-order valence-corrected chi connectivity index (χ1v) is 7.21. The summed E-state index contributed by atoms with van der Waals surface area (Å²) in [6.45, 7) is 1.04. The van der Waals surface area contributed by atoms with Crippen LogP contribution in [-0.4, -0.2) is 36.0 Å². The number of aliphatic hydroxyl groups excluding tert-OH is 1. The molecule has 7 nitrogen and oxygen atoms in total. The fraction of sp³-hybridized carbons (Fsp3) is 0.333. The Morgan fingerprint density at radius 2 is 2.00 bits per heavy atom. The number of nitrogens with zero attached hydrogens (tertiary/aromatic N) is 5. The van der Waals surface area contributed by atoms with E-state index in [1.807, 2.05) is 18.2 Å². The Labute approximate surface area is 126 Å². The summed E-state index contributed by atoms with van der Waals surface area (Å²) < 4.78 is 3.30. The van der Waals surface area contributed by atoms with E-state index in [1.165, 1.54) is 6.33 Å². The Balaban J connectivity index is 1.70. The highest BCUT2D eigenvalue weighted by molar-refractivity contribution is 5.76. The molecule has 7 heteroatoms. The number of fused-ring (bicyclic) bond motifs is 1. The number of aromatic nitrogens is 5. The molecule has 0 saturated carbocycles. The summed E-state index contributed by atoms with van der Waals surface area (Å²) in [7, 11) is 0. The van der Waals surface area contributed by atoms with Crippen molar-refractivity contribution in [1.82, 2.24) is 24.3 Å². The minimum Gasteiger partial charge on any atom is -0.394 e. The number of rotatable bonds is 6. The van der Waals surface area contributed by atoms with Crippen LogP contribution in [0.5, 0.6) is 0 Å². The molecule has 1 N–H and O–H groups in total. The molecule has 0 saturated heterocycles. The summed E-state index contributed by atoms with van der Waals surface area (Å²) in [6, 6.07) is 7.33. The van der Waals surface area contributed by atoms with Gasteiger partial charge in [0.1, 0.15) is 12.2 Å². The van der Waals surface area contributed by atoms with Gasteiger partial charge >= 0.3 is 0 Å². The van der Waals surface area contributed by atoms with Gasteiger partial charge in [-0.05, 0) is 18.6 Å². The predicted octanol–water partition coefficient (Wildman–Crippen LogP) is 0.613. The molecule has 3 aromatic rings. The number of aryl methyl sites for hydroxylation is 2. The van der Waals surface area contributed by atoms with Gasteiger partial charge in [-0.3, -0.25) is 9.36 Å². The lowest BCUT2D eigenvalue weighted by Gasteiger charge is -2.07. The number of aliphatic hydroxyl groups is 1. The first kappa shape index (κ1) is 14.4. The van der Waals surface area contributed by atoms with E-state index in [2.05, 4.69) is 15.1 Å². The zero-order chi connectivity index (χ0) is 15.4. The van der Waals surface area contributed by atoms with Crippen molar-refractivity contribution in [3.8, 4) is 0 Å². The van der Waals surface area contributed by atoms with Crippen LogP contribution in [0, 0.1) is 0 Å². The average molecular weight is 299 g/mol. The smallest absolute Gasteiger partial charge is 0.261 e. The first-order chi connectivity index (χ1) is 10.8. The van der Waals surface area contributed by atoms with Crippen molar-refractivity contribution in [2.24, 2.45) is 0 Å². The van der Waals surface area contributed by atoms with Crippen LogP contribution < -0.4 is 5.56 Å². The van der Waals surface area contributed by atoms with Gasteiger partial charge in [-0.15, -0.1) is 0 Å². The fourth-order valence-corrected chi connectivity index (χ4v) is 2.44. The van der Waals surface area contributed by atoms with Gasteiger partial charge in [0.05, 0.1) is 30.4 Å². The van der Waals surface area contributed by atoms with Gasteiger partial charge < -0.3 is 5.11 Å². The van der Waals surface area contributed by atoms with Crippen molar-refractivity contribution in [3.63, 3.8) is 0 Å². The molecule has 2 heterocycles. The van der Waals surface area contributed by atoms with Crippen molar-refractivity contribution < 1.29 is 5.11 Å². The van der Waals surface area contributed by atoms with Gasteiger partial charge in [0, 0.05) is 13.0 Å². The molecule has 0 atom stereocenters. The molecule has 0 amide bonds. The standard InChI is InChI=1S/C15H17N5O2/c21-9-8-20-14(16-10-18-20)6-3-7-19-11-17-13-5-2-1-4-12(13)15(19)22/h1-2,4-5,10-11,21H,3,6-9H2. The minimum atomic E-state index is -0.0255. The lowest BCUT2D eigenvalue weighted by atomic mass is 10.2. The van der Waals surface area contributed by atoms with E-state index in [4.69, 9.17) is 5.11 Å². The Morgan fingerprint density at radius 1 is 1.14 bits per heavy atom. The molecule has 0 bridgehead atoms. The Hall–Kier alpha value is -2.54. The van der Waals surface area contributed by atoms with Crippen molar-refractivity contribution in [2.45, 2.75) is 25.9 Å². The van der Waals surface area contributed by atoms with Gasteiger partial charge in [0.25, 0.3) is 5.56 Å². The predicted molar refractivity (Wildman–Crippen MR) is 81.4 cm³/mol. The first-order valence-electron chi connectivity index (χ1n) is 7.21. The van der Waals surface area contributed by atoms with Gasteiger partial charge in [-0.1, -0.05) is 12.1 Å². The molecule has 0 unspecified atom stereocenters. The maximum absolute atomic E-state index is 12.3. The number of hydrogen-bond donors (Lipinski definition) is 1. The molecule has 1 aromatic carbocycles. The Morgan fingerprint density at radius 3 is 2.86 bits per heavy atom. The van der Waals surface area contributed by atoms with Gasteiger partial charge in [-0.25, -0.2) is 14.6 Å². The summed E-state index contributed by atoms with van der Waals surface area (Å²) in [6.07, 6.45) is 4.52. The maximum atomic E-state index is 12.3. The summed E-state index contributed by atoms with van der Waals surface area (Å²) in [5.74, 6) is 0.816. The van der Waals surface area contributed by atoms with Crippen molar-refractivity contribution in [3.05, 3.63) is 53.1 Å². The lowest BCUT2D eigenvalue weighted by Crippen LogP contribution is -2.21. The van der Waals surface area contributed by atoms with Crippen LogP contribution in [0.1, 0.15) is 12.2 Å². The van der Waals surface area contributed by atoms with Crippen LogP contribution >= 0.6 is 0 Å². The topological polar surface area (TPSA) is 85.8 Å². The summed E-state index contributed by atoms with van der Waals surface area (Å²) >= 11 is 0. The van der Waals surface area contributed by atoms with Crippen LogP contribution in [0.2, 0.25) is 0 Å².